The number of nitrogens with two attached hydrogens (primary N) is 1. The molecule has 104 valence electrons. The molecule has 0 radical (unpaired) electrons. The van der Waals surface area contributed by atoms with Crippen LogP contribution in [0.5, 0.6) is 0 Å². The Bertz CT molecular complexity index is 643. The molecule has 2 aromatic rings. The summed E-state index contributed by atoms with van der Waals surface area (Å²) >= 11 is 1.51. The number of amidine groups is 1. The highest BCUT2D eigenvalue weighted by Crippen LogP contribution is 2.33. The van der Waals surface area contributed by atoms with E-state index in [9.17, 15) is 4.39 Å². The predicted molar refractivity (Wildman–Crippen MR) is 83.7 cm³/mol. The fourth-order valence-corrected chi connectivity index (χ4v) is 2.73. The molecule has 0 aromatic heterocycles. The number of para-hydroxylation sites is 1. The molecule has 0 bridgehead atoms. The summed E-state index contributed by atoms with van der Waals surface area (Å²) in [6, 6.07) is 12.2. The van der Waals surface area contributed by atoms with Gasteiger partial charge in [-0.1, -0.05) is 18.2 Å². The van der Waals surface area contributed by atoms with Gasteiger partial charge in [-0.3, -0.25) is 5.41 Å². The van der Waals surface area contributed by atoms with Gasteiger partial charge in [-0.15, -0.1) is 11.8 Å². The lowest BCUT2D eigenvalue weighted by molar-refractivity contribution is 0.627. The van der Waals surface area contributed by atoms with Crippen molar-refractivity contribution < 1.29 is 4.39 Å². The first-order valence-corrected chi connectivity index (χ1v) is 7.28. The third kappa shape index (κ3) is 2.63. The van der Waals surface area contributed by atoms with Crippen molar-refractivity contribution in [3.63, 3.8) is 0 Å². The third-order valence-corrected chi connectivity index (χ3v) is 3.85. The average molecular weight is 289 g/mol. The van der Waals surface area contributed by atoms with Crippen LogP contribution in [0, 0.1) is 11.2 Å². The van der Waals surface area contributed by atoms with Crippen molar-refractivity contribution >= 4 is 29.0 Å². The van der Waals surface area contributed by atoms with Crippen LogP contribution in [0.3, 0.4) is 0 Å². The van der Waals surface area contributed by atoms with E-state index >= 15 is 0 Å². The maximum absolute atomic E-state index is 13.9. The molecule has 0 atom stereocenters. The summed E-state index contributed by atoms with van der Waals surface area (Å²) in [7, 11) is 1.77. The van der Waals surface area contributed by atoms with Gasteiger partial charge in [0.15, 0.2) is 0 Å². The molecule has 0 heterocycles. The van der Waals surface area contributed by atoms with Gasteiger partial charge in [0.1, 0.15) is 11.7 Å². The zero-order valence-electron chi connectivity index (χ0n) is 11.4. The topological polar surface area (TPSA) is 53.1 Å². The normalized spacial score (nSPS) is 10.3. The molecule has 0 saturated carbocycles. The molecule has 0 aliphatic heterocycles. The highest BCUT2D eigenvalue weighted by Gasteiger charge is 2.16. The minimum absolute atomic E-state index is 0.0202. The largest absolute Gasteiger partial charge is 0.384 e. The lowest BCUT2D eigenvalue weighted by Gasteiger charge is -2.24. The van der Waals surface area contributed by atoms with Crippen LogP contribution in [0.2, 0.25) is 0 Å². The van der Waals surface area contributed by atoms with Crippen LogP contribution in [0.1, 0.15) is 5.56 Å². The Morgan fingerprint density at radius 1 is 1.15 bits per heavy atom. The summed E-state index contributed by atoms with van der Waals surface area (Å²) in [5.74, 6) is -0.327. The van der Waals surface area contributed by atoms with Gasteiger partial charge >= 0.3 is 0 Å². The summed E-state index contributed by atoms with van der Waals surface area (Å²) in [5.41, 5.74) is 7.49. The van der Waals surface area contributed by atoms with Gasteiger partial charge in [-0.05, 0) is 30.5 Å². The SMILES string of the molecule is CSc1cccc(N(C)c2ccccc2F)c1C(=N)N. The van der Waals surface area contributed by atoms with Crippen LogP contribution in [-0.2, 0) is 0 Å². The van der Waals surface area contributed by atoms with Crippen molar-refractivity contribution in [2.75, 3.05) is 18.2 Å². The van der Waals surface area contributed by atoms with Crippen LogP contribution in [0.15, 0.2) is 47.4 Å². The number of thioether (sulfide) groups is 1. The summed E-state index contributed by atoms with van der Waals surface area (Å²) in [6.07, 6.45) is 1.93. The first-order chi connectivity index (χ1) is 9.56. The van der Waals surface area contributed by atoms with E-state index in [1.54, 1.807) is 30.1 Å². The maximum atomic E-state index is 13.9. The van der Waals surface area contributed by atoms with Crippen LogP contribution >= 0.6 is 11.8 Å². The smallest absolute Gasteiger partial charge is 0.146 e. The Kier molecular flexibility index (Phi) is 4.29. The van der Waals surface area contributed by atoms with Gasteiger partial charge in [-0.25, -0.2) is 4.39 Å². The molecule has 20 heavy (non-hydrogen) atoms. The maximum Gasteiger partial charge on any atom is 0.146 e. The Labute approximate surface area is 122 Å². The van der Waals surface area contributed by atoms with E-state index < -0.39 is 0 Å². The van der Waals surface area contributed by atoms with Crippen LogP contribution in [0.25, 0.3) is 0 Å². The number of nitrogens with zero attached hydrogens (tertiary/aromatic N) is 1. The first-order valence-electron chi connectivity index (χ1n) is 6.06. The fourth-order valence-electron chi connectivity index (χ4n) is 2.09. The van der Waals surface area contributed by atoms with E-state index in [2.05, 4.69) is 0 Å². The average Bonchev–Trinajstić information content (AvgIpc) is 2.46. The van der Waals surface area contributed by atoms with E-state index in [-0.39, 0.29) is 11.7 Å². The second kappa shape index (κ2) is 5.96. The molecule has 3 nitrogen and oxygen atoms in total. The molecule has 0 saturated heterocycles. The lowest BCUT2D eigenvalue weighted by Crippen LogP contribution is -2.20. The summed E-state index contributed by atoms with van der Waals surface area (Å²) in [6.45, 7) is 0. The highest BCUT2D eigenvalue weighted by atomic mass is 32.2. The van der Waals surface area contributed by atoms with Gasteiger partial charge in [0.05, 0.1) is 16.9 Å². The molecule has 0 aliphatic rings. The molecule has 0 aliphatic carbocycles. The van der Waals surface area contributed by atoms with Gasteiger partial charge in [0.25, 0.3) is 0 Å². The Morgan fingerprint density at radius 2 is 1.80 bits per heavy atom. The van der Waals surface area contributed by atoms with E-state index in [0.717, 1.165) is 10.6 Å². The van der Waals surface area contributed by atoms with Gasteiger partial charge in [0, 0.05) is 11.9 Å². The van der Waals surface area contributed by atoms with Gasteiger partial charge in [0.2, 0.25) is 0 Å². The molecule has 0 unspecified atom stereocenters. The molecule has 0 fully saturated rings. The number of hydrogen-bond acceptors (Lipinski definition) is 3. The number of rotatable bonds is 4. The van der Waals surface area contributed by atoms with E-state index in [1.807, 2.05) is 24.5 Å². The standard InChI is InChI=1S/C15H16FN3S/c1-19(11-7-4-3-6-10(11)16)12-8-5-9-13(20-2)14(12)15(17)18/h3-9H,1-2H3,(H3,17,18). The second-order valence-electron chi connectivity index (χ2n) is 4.28. The van der Waals surface area contributed by atoms with E-state index in [4.69, 9.17) is 11.1 Å². The summed E-state index contributed by atoms with van der Waals surface area (Å²) in [5, 5.41) is 7.77. The summed E-state index contributed by atoms with van der Waals surface area (Å²) < 4.78 is 13.9. The molecule has 0 spiro atoms. The number of nitrogen functional groups attached to an aromatic ring is 1. The molecular formula is C15H16FN3S. The van der Waals surface area contributed by atoms with Crippen LogP contribution in [-0.4, -0.2) is 19.1 Å². The Morgan fingerprint density at radius 3 is 2.40 bits per heavy atom. The molecule has 2 aromatic carbocycles. The molecular weight excluding hydrogens is 273 g/mol. The quantitative estimate of drug-likeness (QED) is 0.513. The number of benzene rings is 2. The Balaban J connectivity index is 2.58. The minimum Gasteiger partial charge on any atom is -0.384 e. The molecule has 0 amide bonds. The number of anilines is 2. The van der Waals surface area contributed by atoms with Crippen molar-refractivity contribution in [1.29, 1.82) is 5.41 Å². The monoisotopic (exact) mass is 289 g/mol. The van der Waals surface area contributed by atoms with Gasteiger partial charge in [-0.2, -0.15) is 0 Å². The van der Waals surface area contributed by atoms with Crippen LogP contribution < -0.4 is 10.6 Å². The van der Waals surface area contributed by atoms with E-state index in [1.165, 1.54) is 17.8 Å². The van der Waals surface area contributed by atoms with Gasteiger partial charge < -0.3 is 10.6 Å². The zero-order valence-corrected chi connectivity index (χ0v) is 12.2. The summed E-state index contributed by atoms with van der Waals surface area (Å²) in [4.78, 5) is 2.62. The predicted octanol–water partition coefficient (Wildman–Crippen LogP) is 3.60. The van der Waals surface area contributed by atoms with Crippen molar-refractivity contribution in [2.45, 2.75) is 4.90 Å². The lowest BCUT2D eigenvalue weighted by atomic mass is 10.1. The van der Waals surface area contributed by atoms with E-state index in [0.29, 0.717) is 11.3 Å². The number of hydrogen-bond donors (Lipinski definition) is 2. The van der Waals surface area contributed by atoms with Crippen molar-refractivity contribution in [1.82, 2.24) is 0 Å². The van der Waals surface area contributed by atoms with Crippen LogP contribution in [0.4, 0.5) is 15.8 Å². The van der Waals surface area contributed by atoms with Crippen molar-refractivity contribution in [3.05, 3.63) is 53.8 Å². The number of nitrogens with one attached hydrogen (secondary N) is 1. The minimum atomic E-state index is -0.306. The molecule has 2 rings (SSSR count). The van der Waals surface area contributed by atoms with Crippen molar-refractivity contribution in [3.8, 4) is 0 Å². The second-order valence-corrected chi connectivity index (χ2v) is 5.13. The fraction of sp³-hybridized carbons (Fsp3) is 0.133. The molecule has 5 heteroatoms. The Hall–Kier alpha value is -2.01. The highest BCUT2D eigenvalue weighted by molar-refractivity contribution is 7.98. The molecule has 3 N–H and O–H groups in total. The third-order valence-electron chi connectivity index (χ3n) is 3.07. The first kappa shape index (κ1) is 14.4. The van der Waals surface area contributed by atoms with Crippen molar-refractivity contribution in [2.24, 2.45) is 5.73 Å². The number of halogens is 1. The zero-order chi connectivity index (χ0) is 14.7.